The Labute approximate surface area is 113 Å². The first-order valence-electron chi connectivity index (χ1n) is 6.54. The number of hydrogen-bond donors (Lipinski definition) is 0. The first-order chi connectivity index (χ1) is 8.95. The zero-order chi connectivity index (χ0) is 14.3. The highest BCUT2D eigenvalue weighted by Crippen LogP contribution is 2.23. The lowest BCUT2D eigenvalue weighted by Crippen LogP contribution is -2.28. The molecule has 1 atom stereocenters. The highest BCUT2D eigenvalue weighted by Gasteiger charge is 2.28. The molecule has 1 heterocycles. The molecular weight excluding hydrogens is 252 g/mol. The van der Waals surface area contributed by atoms with Crippen LogP contribution in [0, 0.1) is 5.41 Å². The number of hydrogen-bond acceptors (Lipinski definition) is 6. The fourth-order valence-corrected chi connectivity index (χ4v) is 1.78. The molecule has 110 valence electrons. The number of cyclic esters (lactones) is 2. The number of rotatable bonds is 8. The Kier molecular flexibility index (Phi) is 6.08. The molecule has 6 nitrogen and oxygen atoms in total. The van der Waals surface area contributed by atoms with Crippen LogP contribution in [0.5, 0.6) is 0 Å². The van der Waals surface area contributed by atoms with E-state index in [2.05, 4.69) is 4.74 Å². The molecule has 1 aliphatic rings. The van der Waals surface area contributed by atoms with Gasteiger partial charge in [-0.25, -0.2) is 4.79 Å². The first-order valence-corrected chi connectivity index (χ1v) is 6.54. The molecular formula is C13H22O6. The topological polar surface area (TPSA) is 71.1 Å². The van der Waals surface area contributed by atoms with Gasteiger partial charge in [0.2, 0.25) is 0 Å². The molecule has 0 saturated carbocycles. The minimum atomic E-state index is -0.665. The molecule has 1 unspecified atom stereocenters. The Morgan fingerprint density at radius 3 is 2.74 bits per heavy atom. The van der Waals surface area contributed by atoms with Crippen molar-refractivity contribution in [3.05, 3.63) is 0 Å². The highest BCUT2D eigenvalue weighted by atomic mass is 16.8. The summed E-state index contributed by atoms with van der Waals surface area (Å²) in [7, 11) is 0. The van der Waals surface area contributed by atoms with Crippen LogP contribution in [-0.4, -0.2) is 44.7 Å². The monoisotopic (exact) mass is 274 g/mol. The first kappa shape index (κ1) is 15.8. The summed E-state index contributed by atoms with van der Waals surface area (Å²) >= 11 is 0. The molecule has 0 radical (unpaired) electrons. The lowest BCUT2D eigenvalue weighted by atomic mass is 9.88. The standard InChI is InChI=1S/C13H22O6/c1-4-5-13(2,3)11(14)17-7-6-16-8-10-9-18-12(15)19-10/h10H,4-9H2,1-3H3. The Hall–Kier alpha value is -1.30. The van der Waals surface area contributed by atoms with Crippen LogP contribution in [0.2, 0.25) is 0 Å². The van der Waals surface area contributed by atoms with Gasteiger partial charge in [0.05, 0.1) is 18.6 Å². The zero-order valence-corrected chi connectivity index (χ0v) is 11.8. The van der Waals surface area contributed by atoms with Crippen molar-refractivity contribution < 1.29 is 28.5 Å². The maximum Gasteiger partial charge on any atom is 0.508 e. The SMILES string of the molecule is CCCC(C)(C)C(=O)OCCOCC1COC(=O)O1. The molecule has 0 bridgehead atoms. The number of esters is 1. The van der Waals surface area contributed by atoms with Gasteiger partial charge in [0.15, 0.2) is 6.10 Å². The molecule has 1 fully saturated rings. The van der Waals surface area contributed by atoms with Crippen molar-refractivity contribution in [2.24, 2.45) is 5.41 Å². The minimum absolute atomic E-state index is 0.202. The lowest BCUT2D eigenvalue weighted by Gasteiger charge is -2.21. The van der Waals surface area contributed by atoms with Crippen molar-refractivity contribution in [3.63, 3.8) is 0 Å². The molecule has 0 amide bonds. The predicted molar refractivity (Wildman–Crippen MR) is 66.7 cm³/mol. The van der Waals surface area contributed by atoms with Crippen LogP contribution in [-0.2, 0) is 23.7 Å². The molecule has 1 rings (SSSR count). The zero-order valence-electron chi connectivity index (χ0n) is 11.8. The molecule has 0 aromatic heterocycles. The van der Waals surface area contributed by atoms with Crippen LogP contribution in [0.4, 0.5) is 4.79 Å². The van der Waals surface area contributed by atoms with E-state index in [1.807, 2.05) is 20.8 Å². The van der Waals surface area contributed by atoms with Crippen LogP contribution in [0.15, 0.2) is 0 Å². The van der Waals surface area contributed by atoms with Crippen LogP contribution in [0.3, 0.4) is 0 Å². The Bertz CT molecular complexity index is 312. The Morgan fingerprint density at radius 1 is 1.42 bits per heavy atom. The van der Waals surface area contributed by atoms with Gasteiger partial charge < -0.3 is 18.9 Å². The molecule has 1 saturated heterocycles. The van der Waals surface area contributed by atoms with Crippen molar-refractivity contribution in [2.45, 2.75) is 39.7 Å². The second kappa shape index (κ2) is 7.33. The maximum atomic E-state index is 11.7. The minimum Gasteiger partial charge on any atom is -0.463 e. The van der Waals surface area contributed by atoms with E-state index in [9.17, 15) is 9.59 Å². The van der Waals surface area contributed by atoms with E-state index in [0.717, 1.165) is 12.8 Å². The molecule has 0 aliphatic carbocycles. The molecule has 6 heteroatoms. The van der Waals surface area contributed by atoms with Gasteiger partial charge in [-0.1, -0.05) is 13.3 Å². The molecule has 0 aromatic carbocycles. The molecule has 19 heavy (non-hydrogen) atoms. The number of carbonyl (C=O) groups excluding carboxylic acids is 2. The highest BCUT2D eigenvalue weighted by molar-refractivity contribution is 5.75. The summed E-state index contributed by atoms with van der Waals surface area (Å²) in [5, 5.41) is 0. The predicted octanol–water partition coefficient (Wildman–Crippen LogP) is 1.91. The van der Waals surface area contributed by atoms with Crippen molar-refractivity contribution >= 4 is 12.1 Å². The molecule has 1 aliphatic heterocycles. The van der Waals surface area contributed by atoms with Crippen molar-refractivity contribution in [1.29, 1.82) is 0 Å². The summed E-state index contributed by atoms with van der Waals surface area (Å²) in [4.78, 5) is 22.4. The van der Waals surface area contributed by atoms with Crippen molar-refractivity contribution in [2.75, 3.05) is 26.4 Å². The second-order valence-corrected chi connectivity index (χ2v) is 5.15. The van der Waals surface area contributed by atoms with Crippen LogP contribution in [0.1, 0.15) is 33.6 Å². The van der Waals surface area contributed by atoms with E-state index in [0.29, 0.717) is 0 Å². The van der Waals surface area contributed by atoms with Gasteiger partial charge in [-0.05, 0) is 20.3 Å². The number of ether oxygens (including phenoxy) is 4. The maximum absolute atomic E-state index is 11.7. The van der Waals surface area contributed by atoms with Gasteiger partial charge in [0, 0.05) is 0 Å². The van der Waals surface area contributed by atoms with E-state index in [1.54, 1.807) is 0 Å². The Balaban J connectivity index is 2.07. The lowest BCUT2D eigenvalue weighted by molar-refractivity contribution is -0.156. The Morgan fingerprint density at radius 2 is 2.16 bits per heavy atom. The fourth-order valence-electron chi connectivity index (χ4n) is 1.78. The van der Waals surface area contributed by atoms with Gasteiger partial charge in [0.25, 0.3) is 0 Å². The van der Waals surface area contributed by atoms with E-state index in [4.69, 9.17) is 14.2 Å². The van der Waals surface area contributed by atoms with Crippen LogP contribution >= 0.6 is 0 Å². The van der Waals surface area contributed by atoms with Crippen LogP contribution in [0.25, 0.3) is 0 Å². The summed E-state index contributed by atoms with van der Waals surface area (Å²) in [6, 6.07) is 0. The van der Waals surface area contributed by atoms with E-state index in [-0.39, 0.29) is 38.5 Å². The average Bonchev–Trinajstić information content (AvgIpc) is 2.74. The largest absolute Gasteiger partial charge is 0.508 e. The van der Waals surface area contributed by atoms with Gasteiger partial charge in [-0.15, -0.1) is 0 Å². The average molecular weight is 274 g/mol. The summed E-state index contributed by atoms with van der Waals surface area (Å²) in [6.45, 7) is 6.71. The second-order valence-electron chi connectivity index (χ2n) is 5.15. The third kappa shape index (κ3) is 5.46. The third-order valence-corrected chi connectivity index (χ3v) is 2.84. The quantitative estimate of drug-likeness (QED) is 0.497. The van der Waals surface area contributed by atoms with Crippen molar-refractivity contribution in [3.8, 4) is 0 Å². The molecule has 0 spiro atoms. The summed E-state index contributed by atoms with van der Waals surface area (Å²) in [5.41, 5.74) is -0.455. The van der Waals surface area contributed by atoms with Gasteiger partial charge in [-0.2, -0.15) is 0 Å². The summed E-state index contributed by atoms with van der Waals surface area (Å²) < 4.78 is 19.8. The van der Waals surface area contributed by atoms with Gasteiger partial charge in [0.1, 0.15) is 13.2 Å². The van der Waals surface area contributed by atoms with Gasteiger partial charge >= 0.3 is 12.1 Å². The number of carbonyl (C=O) groups is 2. The van der Waals surface area contributed by atoms with E-state index in [1.165, 1.54) is 0 Å². The molecule has 0 N–H and O–H groups in total. The van der Waals surface area contributed by atoms with E-state index < -0.39 is 11.6 Å². The van der Waals surface area contributed by atoms with Gasteiger partial charge in [-0.3, -0.25) is 4.79 Å². The van der Waals surface area contributed by atoms with Crippen molar-refractivity contribution in [1.82, 2.24) is 0 Å². The smallest absolute Gasteiger partial charge is 0.463 e. The fraction of sp³-hybridized carbons (Fsp3) is 0.846. The summed E-state index contributed by atoms with van der Waals surface area (Å²) in [6.07, 6.45) is 0.703. The van der Waals surface area contributed by atoms with E-state index >= 15 is 0 Å². The normalized spacial score (nSPS) is 18.9. The summed E-state index contributed by atoms with van der Waals surface area (Å²) in [5.74, 6) is -0.214. The van der Waals surface area contributed by atoms with Crippen LogP contribution < -0.4 is 0 Å². The third-order valence-electron chi connectivity index (χ3n) is 2.84. The molecule has 0 aromatic rings.